The number of amides is 1. The molecule has 0 radical (unpaired) electrons. The Hall–Kier alpha value is -2.74. The fraction of sp³-hybridized carbons (Fsp3) is 0.389. The average Bonchev–Trinajstić information content (AvgIpc) is 3.13. The van der Waals surface area contributed by atoms with E-state index < -0.39 is 30.2 Å². The van der Waals surface area contributed by atoms with Crippen LogP contribution in [0, 0.1) is 0 Å². The Bertz CT molecular complexity index is 878. The number of methoxy groups -OCH3 is 1. The highest BCUT2D eigenvalue weighted by atomic mass is 19.1. The number of benzene rings is 1. The molecule has 1 aromatic carbocycles. The summed E-state index contributed by atoms with van der Waals surface area (Å²) in [6.07, 6.45) is -1.21. The maximum Gasteiger partial charge on any atom is 0.329 e. The van der Waals surface area contributed by atoms with Crippen LogP contribution in [0.1, 0.15) is 17.3 Å². The number of carboxylic acids is 1. The zero-order chi connectivity index (χ0) is 19.0. The Labute approximate surface area is 148 Å². The molecule has 1 fully saturated rings. The van der Waals surface area contributed by atoms with Crippen molar-refractivity contribution in [2.45, 2.75) is 31.8 Å². The third-order valence-corrected chi connectivity index (χ3v) is 4.69. The number of carbonyl (C=O) groups is 3. The van der Waals surface area contributed by atoms with Crippen LogP contribution in [0.15, 0.2) is 30.5 Å². The molecule has 26 heavy (non-hydrogen) atoms. The van der Waals surface area contributed by atoms with Gasteiger partial charge in [-0.1, -0.05) is 18.2 Å². The maximum atomic E-state index is 14.1. The van der Waals surface area contributed by atoms with E-state index in [1.165, 1.54) is 14.0 Å². The van der Waals surface area contributed by atoms with E-state index in [9.17, 15) is 23.9 Å². The van der Waals surface area contributed by atoms with Gasteiger partial charge in [0.25, 0.3) is 0 Å². The number of aliphatic carboxylic acids is 1. The van der Waals surface area contributed by atoms with Gasteiger partial charge in [-0.15, -0.1) is 0 Å². The second-order valence-corrected chi connectivity index (χ2v) is 6.29. The van der Waals surface area contributed by atoms with Crippen LogP contribution < -0.4 is 0 Å². The molecule has 1 aliphatic heterocycles. The number of alkyl halides is 1. The molecule has 3 atom stereocenters. The molecule has 1 N–H and O–H groups in total. The van der Waals surface area contributed by atoms with Gasteiger partial charge in [-0.05, 0) is 13.0 Å². The highest BCUT2D eigenvalue weighted by Gasteiger charge is 2.48. The molecule has 138 valence electrons. The predicted molar refractivity (Wildman–Crippen MR) is 90.8 cm³/mol. The molecule has 3 rings (SSSR count). The van der Waals surface area contributed by atoms with Crippen molar-refractivity contribution < 1.29 is 28.6 Å². The van der Waals surface area contributed by atoms with Crippen molar-refractivity contribution in [2.24, 2.45) is 0 Å². The van der Waals surface area contributed by atoms with Crippen molar-refractivity contribution in [3.8, 4) is 0 Å². The average molecular weight is 362 g/mol. The number of nitrogens with zero attached hydrogens (tertiary/aromatic N) is 2. The molecule has 8 heteroatoms. The second-order valence-electron chi connectivity index (χ2n) is 6.29. The number of Topliss-reactive ketones (excluding diaryl/α,β-unsaturated/α-hetero) is 1. The number of halogens is 1. The van der Waals surface area contributed by atoms with Crippen molar-refractivity contribution in [3.05, 3.63) is 36.0 Å². The third-order valence-electron chi connectivity index (χ3n) is 4.69. The van der Waals surface area contributed by atoms with E-state index in [2.05, 4.69) is 0 Å². The monoisotopic (exact) mass is 362 g/mol. The standard InChI is InChI=1S/C18H19FN2O5/c1-10(22)12-7-20(14-6-4-3-5-11(12)14)9-15(23)21-8-13(19)17(26-2)16(21)18(24)25/h3-7,13,16-17H,8-9H2,1-2H3,(H,24,25)/t13-,16-,17+/m0/s1. The lowest BCUT2D eigenvalue weighted by Gasteiger charge is -2.23. The molecule has 2 aromatic rings. The molecule has 2 heterocycles. The van der Waals surface area contributed by atoms with Crippen LogP contribution in [0.25, 0.3) is 10.9 Å². The van der Waals surface area contributed by atoms with E-state index in [1.54, 1.807) is 35.0 Å². The van der Waals surface area contributed by atoms with Crippen molar-refractivity contribution >= 4 is 28.6 Å². The van der Waals surface area contributed by atoms with Crippen molar-refractivity contribution in [2.75, 3.05) is 13.7 Å². The summed E-state index contributed by atoms with van der Waals surface area (Å²) in [6, 6.07) is 5.74. The molecule has 0 saturated carbocycles. The van der Waals surface area contributed by atoms with Gasteiger partial charge in [-0.25, -0.2) is 9.18 Å². The number of hydrogen-bond acceptors (Lipinski definition) is 4. The van der Waals surface area contributed by atoms with Gasteiger partial charge in [0.2, 0.25) is 5.91 Å². The van der Waals surface area contributed by atoms with Gasteiger partial charge in [0.1, 0.15) is 18.8 Å². The van der Waals surface area contributed by atoms with E-state index in [0.29, 0.717) is 16.5 Å². The minimum atomic E-state index is -1.57. The lowest BCUT2D eigenvalue weighted by Crippen LogP contribution is -2.46. The highest BCUT2D eigenvalue weighted by molar-refractivity contribution is 6.07. The van der Waals surface area contributed by atoms with Crippen LogP contribution in [-0.4, -0.2) is 64.2 Å². The van der Waals surface area contributed by atoms with E-state index >= 15 is 0 Å². The number of para-hydroxylation sites is 1. The smallest absolute Gasteiger partial charge is 0.329 e. The second kappa shape index (κ2) is 6.87. The van der Waals surface area contributed by atoms with Gasteiger partial charge >= 0.3 is 5.97 Å². The normalized spacial score (nSPS) is 22.7. The Morgan fingerprint density at radius 2 is 2.00 bits per heavy atom. The lowest BCUT2D eigenvalue weighted by atomic mass is 10.1. The first kappa shape index (κ1) is 18.1. The Morgan fingerprint density at radius 1 is 1.31 bits per heavy atom. The minimum Gasteiger partial charge on any atom is -0.480 e. The fourth-order valence-electron chi connectivity index (χ4n) is 3.48. The molecule has 0 aliphatic carbocycles. The van der Waals surface area contributed by atoms with Gasteiger partial charge in [-0.3, -0.25) is 9.59 Å². The molecular formula is C18H19FN2O5. The quantitative estimate of drug-likeness (QED) is 0.814. The van der Waals surface area contributed by atoms with Crippen LogP contribution in [-0.2, 0) is 20.9 Å². The summed E-state index contributed by atoms with van der Waals surface area (Å²) in [5.41, 5.74) is 1.15. The van der Waals surface area contributed by atoms with E-state index in [1.807, 2.05) is 0 Å². The van der Waals surface area contributed by atoms with E-state index in [4.69, 9.17) is 4.74 Å². The van der Waals surface area contributed by atoms with Crippen molar-refractivity contribution in [1.29, 1.82) is 0 Å². The number of ether oxygens (including phenoxy) is 1. The first-order valence-corrected chi connectivity index (χ1v) is 8.13. The SMILES string of the molecule is CO[C@H]1[C@@H](C(=O)O)N(C(=O)Cn2cc(C(C)=O)c3ccccc32)C[C@@H]1F. The van der Waals surface area contributed by atoms with E-state index in [0.717, 1.165) is 4.90 Å². The molecule has 0 bridgehead atoms. The molecule has 7 nitrogen and oxygen atoms in total. The molecule has 1 aromatic heterocycles. The number of ketones is 1. The number of likely N-dealkylation sites (tertiary alicyclic amines) is 1. The van der Waals surface area contributed by atoms with Gasteiger partial charge in [-0.2, -0.15) is 0 Å². The minimum absolute atomic E-state index is 0.139. The van der Waals surface area contributed by atoms with Crippen molar-refractivity contribution in [1.82, 2.24) is 9.47 Å². The summed E-state index contributed by atoms with van der Waals surface area (Å²) in [4.78, 5) is 37.0. The fourth-order valence-corrected chi connectivity index (χ4v) is 3.48. The van der Waals surface area contributed by atoms with Crippen LogP contribution >= 0.6 is 0 Å². The first-order valence-electron chi connectivity index (χ1n) is 8.13. The molecule has 0 spiro atoms. The Kier molecular flexibility index (Phi) is 4.78. The number of aromatic nitrogens is 1. The highest BCUT2D eigenvalue weighted by Crippen LogP contribution is 2.26. The number of hydrogen-bond donors (Lipinski definition) is 1. The maximum absolute atomic E-state index is 14.1. The molecular weight excluding hydrogens is 343 g/mol. The van der Waals surface area contributed by atoms with Crippen molar-refractivity contribution in [3.63, 3.8) is 0 Å². The van der Waals surface area contributed by atoms with Gasteiger partial charge < -0.3 is 19.3 Å². The summed E-state index contributed by atoms with van der Waals surface area (Å²) >= 11 is 0. The third kappa shape index (κ3) is 2.96. The Morgan fingerprint density at radius 3 is 2.62 bits per heavy atom. The molecule has 0 unspecified atom stereocenters. The first-order chi connectivity index (χ1) is 12.3. The van der Waals surface area contributed by atoms with Crippen LogP contribution in [0.2, 0.25) is 0 Å². The molecule has 1 saturated heterocycles. The van der Waals surface area contributed by atoms with Crippen LogP contribution in [0.5, 0.6) is 0 Å². The molecule has 1 aliphatic rings. The zero-order valence-corrected chi connectivity index (χ0v) is 14.4. The largest absolute Gasteiger partial charge is 0.480 e. The molecule has 1 amide bonds. The zero-order valence-electron chi connectivity index (χ0n) is 14.4. The number of fused-ring (bicyclic) bond motifs is 1. The lowest BCUT2D eigenvalue weighted by molar-refractivity contribution is -0.152. The Balaban J connectivity index is 1.92. The summed E-state index contributed by atoms with van der Waals surface area (Å²) in [5.74, 6) is -2.00. The summed E-state index contributed by atoms with van der Waals surface area (Å²) < 4.78 is 20.6. The summed E-state index contributed by atoms with van der Waals surface area (Å²) in [7, 11) is 1.22. The predicted octanol–water partition coefficient (Wildman–Crippen LogP) is 1.49. The van der Waals surface area contributed by atoms with Gasteiger partial charge in [0, 0.05) is 29.8 Å². The number of carbonyl (C=O) groups excluding carboxylic acids is 2. The van der Waals surface area contributed by atoms with E-state index in [-0.39, 0.29) is 18.9 Å². The number of rotatable bonds is 5. The summed E-state index contributed by atoms with van der Waals surface area (Å²) in [5, 5.41) is 10.1. The van der Waals surface area contributed by atoms with Gasteiger partial charge in [0.05, 0.1) is 6.54 Å². The van der Waals surface area contributed by atoms with Gasteiger partial charge in [0.15, 0.2) is 11.8 Å². The van der Waals surface area contributed by atoms with Crippen LogP contribution in [0.4, 0.5) is 4.39 Å². The number of carboxylic acid groups (broad SMARTS) is 1. The topological polar surface area (TPSA) is 88.8 Å². The summed E-state index contributed by atoms with van der Waals surface area (Å²) in [6.45, 7) is 0.902. The van der Waals surface area contributed by atoms with Crippen LogP contribution in [0.3, 0.4) is 0 Å².